The number of aromatic nitrogens is 1. The molecular formula is C25H35N5O6. The molecule has 11 nitrogen and oxygen atoms in total. The van der Waals surface area contributed by atoms with E-state index in [1.165, 1.54) is 11.8 Å². The quantitative estimate of drug-likeness (QED) is 0.268. The number of nitrogens with one attached hydrogen (secondary N) is 3. The second-order valence-electron chi connectivity index (χ2n) is 9.66. The van der Waals surface area contributed by atoms with Crippen molar-refractivity contribution in [1.29, 1.82) is 0 Å². The normalized spacial score (nSPS) is 19.1. The molecule has 5 unspecified atom stereocenters. The van der Waals surface area contributed by atoms with Crippen molar-refractivity contribution in [1.82, 2.24) is 20.5 Å². The predicted octanol–water partition coefficient (Wildman–Crippen LogP) is 0.120. The lowest BCUT2D eigenvalue weighted by Crippen LogP contribution is -2.60. The zero-order valence-corrected chi connectivity index (χ0v) is 20.7. The van der Waals surface area contributed by atoms with Gasteiger partial charge in [0.1, 0.15) is 18.1 Å². The summed E-state index contributed by atoms with van der Waals surface area (Å²) in [7, 11) is 0. The van der Waals surface area contributed by atoms with Gasteiger partial charge in [-0.1, -0.05) is 32.0 Å². The molecule has 1 aliphatic heterocycles. The average molecular weight is 502 g/mol. The van der Waals surface area contributed by atoms with E-state index in [1.807, 2.05) is 30.5 Å². The summed E-state index contributed by atoms with van der Waals surface area (Å²) in [6.45, 7) is 4.94. The van der Waals surface area contributed by atoms with Gasteiger partial charge in [-0.25, -0.2) is 4.79 Å². The molecule has 0 saturated carbocycles. The maximum atomic E-state index is 13.2. The van der Waals surface area contributed by atoms with Crippen LogP contribution in [0.4, 0.5) is 0 Å². The number of rotatable bonds is 10. The second kappa shape index (κ2) is 11.5. The monoisotopic (exact) mass is 501 g/mol. The fourth-order valence-electron chi connectivity index (χ4n) is 4.55. The Balaban J connectivity index is 1.67. The average Bonchev–Trinajstić information content (AvgIpc) is 3.47. The minimum Gasteiger partial charge on any atom is -0.480 e. The Kier molecular flexibility index (Phi) is 8.70. The lowest BCUT2D eigenvalue weighted by Gasteiger charge is -2.29. The van der Waals surface area contributed by atoms with Gasteiger partial charge in [-0.2, -0.15) is 0 Å². The van der Waals surface area contributed by atoms with Crippen LogP contribution in [0.2, 0.25) is 0 Å². The molecule has 1 aromatic carbocycles. The van der Waals surface area contributed by atoms with Gasteiger partial charge in [0.2, 0.25) is 17.7 Å². The van der Waals surface area contributed by atoms with E-state index in [2.05, 4.69) is 15.6 Å². The predicted molar refractivity (Wildman–Crippen MR) is 133 cm³/mol. The molecular weight excluding hydrogens is 466 g/mol. The molecule has 1 aliphatic rings. The third-order valence-corrected chi connectivity index (χ3v) is 6.56. The van der Waals surface area contributed by atoms with Crippen LogP contribution in [0.3, 0.4) is 0 Å². The summed E-state index contributed by atoms with van der Waals surface area (Å²) in [4.78, 5) is 55.0. The first-order valence-corrected chi connectivity index (χ1v) is 12.1. The van der Waals surface area contributed by atoms with Crippen molar-refractivity contribution in [3.8, 4) is 0 Å². The topological polar surface area (TPSA) is 178 Å². The summed E-state index contributed by atoms with van der Waals surface area (Å²) in [6.07, 6.45) is 1.79. The van der Waals surface area contributed by atoms with E-state index in [0.717, 1.165) is 16.5 Å². The molecule has 36 heavy (non-hydrogen) atoms. The van der Waals surface area contributed by atoms with Crippen molar-refractivity contribution < 1.29 is 29.4 Å². The minimum absolute atomic E-state index is 0.290. The number of carboxylic acids is 1. The molecule has 0 aliphatic carbocycles. The summed E-state index contributed by atoms with van der Waals surface area (Å²) < 4.78 is 0. The lowest BCUT2D eigenvalue weighted by atomic mass is 10.0. The number of benzene rings is 1. The van der Waals surface area contributed by atoms with E-state index >= 15 is 0 Å². The number of carboxylic acid groups (broad SMARTS) is 1. The zero-order chi connectivity index (χ0) is 26.6. The highest BCUT2D eigenvalue weighted by atomic mass is 16.4. The van der Waals surface area contributed by atoms with Gasteiger partial charge in [-0.3, -0.25) is 14.4 Å². The Labute approximate surface area is 209 Å². The maximum absolute atomic E-state index is 13.2. The van der Waals surface area contributed by atoms with Gasteiger partial charge < -0.3 is 36.5 Å². The van der Waals surface area contributed by atoms with Crippen molar-refractivity contribution in [2.24, 2.45) is 11.7 Å². The van der Waals surface area contributed by atoms with Crippen LogP contribution in [0.5, 0.6) is 0 Å². The highest BCUT2D eigenvalue weighted by Gasteiger charge is 2.39. The van der Waals surface area contributed by atoms with Gasteiger partial charge in [0, 0.05) is 23.6 Å². The second-order valence-corrected chi connectivity index (χ2v) is 9.66. The number of H-pyrrole nitrogens is 1. The Hall–Kier alpha value is -3.44. The summed E-state index contributed by atoms with van der Waals surface area (Å²) in [5.41, 5.74) is 8.09. The highest BCUT2D eigenvalue weighted by Crippen LogP contribution is 2.22. The number of hydrogen-bond acceptors (Lipinski definition) is 6. The smallest absolute Gasteiger partial charge is 0.326 e. The minimum atomic E-state index is -1.38. The molecule has 1 fully saturated rings. The fourth-order valence-corrected chi connectivity index (χ4v) is 4.55. The molecule has 1 saturated heterocycles. The van der Waals surface area contributed by atoms with Crippen molar-refractivity contribution in [2.45, 2.75) is 70.3 Å². The van der Waals surface area contributed by atoms with Crippen LogP contribution in [-0.4, -0.2) is 80.6 Å². The Bertz CT molecular complexity index is 1110. The first-order valence-electron chi connectivity index (χ1n) is 12.1. The maximum Gasteiger partial charge on any atom is 0.326 e. The Morgan fingerprint density at radius 1 is 1.14 bits per heavy atom. The van der Waals surface area contributed by atoms with E-state index < -0.39 is 54.0 Å². The van der Waals surface area contributed by atoms with Crippen LogP contribution in [0.25, 0.3) is 10.9 Å². The van der Waals surface area contributed by atoms with Gasteiger partial charge in [0.25, 0.3) is 0 Å². The first-order chi connectivity index (χ1) is 17.0. The van der Waals surface area contributed by atoms with E-state index in [9.17, 15) is 29.4 Å². The molecule has 0 radical (unpaired) electrons. The van der Waals surface area contributed by atoms with Crippen LogP contribution in [0, 0.1) is 5.92 Å². The van der Waals surface area contributed by atoms with Crippen LogP contribution in [0.1, 0.15) is 39.2 Å². The number of likely N-dealkylation sites (tertiary alicyclic amines) is 1. The number of hydrogen-bond donors (Lipinski definition) is 6. The van der Waals surface area contributed by atoms with Gasteiger partial charge >= 0.3 is 5.97 Å². The van der Waals surface area contributed by atoms with Gasteiger partial charge in [-0.15, -0.1) is 0 Å². The van der Waals surface area contributed by atoms with Gasteiger partial charge in [0.05, 0.1) is 12.1 Å². The molecule has 2 aromatic rings. The number of carbonyl (C=O) groups is 4. The number of nitrogens with zero attached hydrogens (tertiary/aromatic N) is 1. The lowest BCUT2D eigenvalue weighted by molar-refractivity contribution is -0.145. The number of para-hydroxylation sites is 1. The SMILES string of the molecule is CC(C)C(NC(=O)C(NC(=O)C1CCCN1C(=O)C(N)Cc1c[nH]c2ccccc12)C(C)O)C(=O)O. The number of aromatic amines is 1. The number of nitrogens with two attached hydrogens (primary N) is 1. The summed E-state index contributed by atoms with van der Waals surface area (Å²) in [6, 6.07) is 3.42. The third kappa shape index (κ3) is 6.03. The molecule has 7 N–H and O–H groups in total. The summed E-state index contributed by atoms with van der Waals surface area (Å²) in [5.74, 6) is -3.41. The van der Waals surface area contributed by atoms with Gasteiger partial charge in [0.15, 0.2) is 0 Å². The molecule has 2 heterocycles. The standard InChI is InChI=1S/C25H35N5O6/c1-13(2)20(25(35)36)28-23(33)21(14(3)31)29-22(32)19-9-6-10-30(19)24(34)17(26)11-15-12-27-18-8-5-4-7-16(15)18/h4-5,7-8,12-14,17,19-21,27,31H,6,9-11,26H2,1-3H3,(H,28,33)(H,29,32)(H,35,36). The van der Waals surface area contributed by atoms with Crippen molar-refractivity contribution in [2.75, 3.05) is 6.54 Å². The molecule has 0 bridgehead atoms. The highest BCUT2D eigenvalue weighted by molar-refractivity contribution is 5.95. The molecule has 3 amide bonds. The molecule has 3 rings (SSSR count). The molecule has 196 valence electrons. The van der Waals surface area contributed by atoms with E-state index in [1.54, 1.807) is 13.8 Å². The number of fused-ring (bicyclic) bond motifs is 1. The van der Waals surface area contributed by atoms with E-state index in [0.29, 0.717) is 19.4 Å². The number of aliphatic hydroxyl groups excluding tert-OH is 1. The Morgan fingerprint density at radius 3 is 2.47 bits per heavy atom. The van der Waals surface area contributed by atoms with Crippen LogP contribution in [-0.2, 0) is 25.6 Å². The van der Waals surface area contributed by atoms with Crippen LogP contribution in [0.15, 0.2) is 30.5 Å². The fraction of sp³-hybridized carbons (Fsp3) is 0.520. The van der Waals surface area contributed by atoms with Crippen molar-refractivity contribution in [3.05, 3.63) is 36.0 Å². The van der Waals surface area contributed by atoms with Gasteiger partial charge in [-0.05, 0) is 43.7 Å². The number of aliphatic hydroxyl groups is 1. The van der Waals surface area contributed by atoms with E-state index in [-0.39, 0.29) is 12.3 Å². The summed E-state index contributed by atoms with van der Waals surface area (Å²) in [5, 5.41) is 25.3. The van der Waals surface area contributed by atoms with E-state index in [4.69, 9.17) is 5.73 Å². The zero-order valence-electron chi connectivity index (χ0n) is 20.7. The van der Waals surface area contributed by atoms with Crippen LogP contribution >= 0.6 is 0 Å². The molecule has 1 aromatic heterocycles. The molecule has 11 heteroatoms. The summed E-state index contributed by atoms with van der Waals surface area (Å²) >= 11 is 0. The number of aliphatic carboxylic acids is 1. The molecule has 0 spiro atoms. The largest absolute Gasteiger partial charge is 0.480 e. The van der Waals surface area contributed by atoms with Crippen LogP contribution < -0.4 is 16.4 Å². The van der Waals surface area contributed by atoms with Crippen molar-refractivity contribution >= 4 is 34.6 Å². The van der Waals surface area contributed by atoms with Crippen molar-refractivity contribution in [3.63, 3.8) is 0 Å². The third-order valence-electron chi connectivity index (χ3n) is 6.56. The molecule has 5 atom stereocenters. The number of carbonyl (C=O) groups excluding carboxylic acids is 3. The first kappa shape index (κ1) is 27.2. The Morgan fingerprint density at radius 2 is 1.83 bits per heavy atom. The number of amides is 3.